The number of hydrogen-bond acceptors (Lipinski definition) is 4. The molecule has 0 radical (unpaired) electrons. The highest BCUT2D eigenvalue weighted by Crippen LogP contribution is 2.16. The van der Waals surface area contributed by atoms with Gasteiger partial charge in [-0.1, -0.05) is 43.7 Å². The second-order valence-corrected chi connectivity index (χ2v) is 9.77. The maximum absolute atomic E-state index is 12.4. The summed E-state index contributed by atoms with van der Waals surface area (Å²) < 4.78 is 52.0. The molecule has 0 aromatic heterocycles. The predicted octanol–water partition coefficient (Wildman–Crippen LogP) is 1.26. The molecule has 1 aromatic rings. The molecular formula is C15H24N2O4S2. The molecule has 0 spiro atoms. The highest BCUT2D eigenvalue weighted by Gasteiger charge is 2.31. The van der Waals surface area contributed by atoms with Gasteiger partial charge in [-0.05, 0) is 12.0 Å². The monoisotopic (exact) mass is 360 g/mol. The summed E-state index contributed by atoms with van der Waals surface area (Å²) >= 11 is 0. The largest absolute Gasteiger partial charge is 0.218 e. The summed E-state index contributed by atoms with van der Waals surface area (Å²) in [4.78, 5) is 0. The zero-order valence-corrected chi connectivity index (χ0v) is 15.0. The average Bonchev–Trinajstić information content (AvgIpc) is 2.54. The Kier molecular flexibility index (Phi) is 6.19. The van der Waals surface area contributed by atoms with Crippen LogP contribution in [0.1, 0.15) is 25.3 Å². The van der Waals surface area contributed by atoms with Crippen molar-refractivity contribution in [1.29, 1.82) is 0 Å². The van der Waals surface area contributed by atoms with Gasteiger partial charge in [0.25, 0.3) is 0 Å². The van der Waals surface area contributed by atoms with Crippen LogP contribution in [0.3, 0.4) is 0 Å². The summed E-state index contributed by atoms with van der Waals surface area (Å²) in [6.45, 7) is 2.87. The van der Waals surface area contributed by atoms with Crippen molar-refractivity contribution in [2.75, 3.05) is 31.9 Å². The van der Waals surface area contributed by atoms with E-state index in [0.717, 1.165) is 12.0 Å². The molecule has 2 rings (SSSR count). The van der Waals surface area contributed by atoms with Crippen LogP contribution in [0.4, 0.5) is 0 Å². The van der Waals surface area contributed by atoms with Crippen molar-refractivity contribution >= 4 is 20.0 Å². The average molecular weight is 361 g/mol. The predicted molar refractivity (Wildman–Crippen MR) is 90.9 cm³/mol. The van der Waals surface area contributed by atoms with Crippen molar-refractivity contribution in [2.24, 2.45) is 0 Å². The molecular weight excluding hydrogens is 336 g/mol. The summed E-state index contributed by atoms with van der Waals surface area (Å²) in [5, 5.41) is 0. The van der Waals surface area contributed by atoms with Gasteiger partial charge in [0.15, 0.2) is 0 Å². The minimum atomic E-state index is -3.41. The Balaban J connectivity index is 1.96. The summed E-state index contributed by atoms with van der Waals surface area (Å²) in [5.74, 6) is 0.0939. The van der Waals surface area contributed by atoms with Crippen LogP contribution in [0.2, 0.25) is 0 Å². The number of piperazine rings is 1. The van der Waals surface area contributed by atoms with E-state index in [-0.39, 0.29) is 37.7 Å². The molecule has 6 nitrogen and oxygen atoms in total. The standard InChI is InChI=1S/C15H24N2O4S2/c1-2-3-13-22(18,19)16-9-11-17(12-10-16)23(20,21)14-15-7-5-4-6-8-15/h4-8H,2-3,9-14H2,1H3. The van der Waals surface area contributed by atoms with Gasteiger partial charge in [0.05, 0.1) is 11.5 Å². The van der Waals surface area contributed by atoms with Crippen LogP contribution in [0, 0.1) is 0 Å². The first-order chi connectivity index (χ1) is 10.8. The molecule has 1 aliphatic rings. The van der Waals surface area contributed by atoms with E-state index < -0.39 is 20.0 Å². The Bertz CT molecular complexity index is 694. The maximum Gasteiger partial charge on any atom is 0.218 e. The molecule has 0 aliphatic carbocycles. The summed E-state index contributed by atoms with van der Waals surface area (Å²) in [6.07, 6.45) is 1.46. The van der Waals surface area contributed by atoms with Crippen LogP contribution in [0.15, 0.2) is 30.3 Å². The molecule has 1 aliphatic heterocycles. The highest BCUT2D eigenvalue weighted by atomic mass is 32.2. The SMILES string of the molecule is CCCCS(=O)(=O)N1CCN(S(=O)(=O)Cc2ccccc2)CC1. The van der Waals surface area contributed by atoms with Crippen molar-refractivity contribution in [3.63, 3.8) is 0 Å². The van der Waals surface area contributed by atoms with Crippen molar-refractivity contribution in [3.8, 4) is 0 Å². The van der Waals surface area contributed by atoms with Gasteiger partial charge in [0.1, 0.15) is 0 Å². The van der Waals surface area contributed by atoms with Gasteiger partial charge < -0.3 is 0 Å². The lowest BCUT2D eigenvalue weighted by Gasteiger charge is -2.33. The van der Waals surface area contributed by atoms with Crippen molar-refractivity contribution in [1.82, 2.24) is 8.61 Å². The van der Waals surface area contributed by atoms with E-state index in [1.54, 1.807) is 12.1 Å². The van der Waals surface area contributed by atoms with Crippen LogP contribution < -0.4 is 0 Å². The summed E-state index contributed by atoms with van der Waals surface area (Å²) in [6, 6.07) is 9.02. The third kappa shape index (κ3) is 5.00. The number of unbranched alkanes of at least 4 members (excludes halogenated alkanes) is 1. The molecule has 0 amide bonds. The molecule has 0 atom stereocenters. The van der Waals surface area contributed by atoms with E-state index in [1.807, 2.05) is 25.1 Å². The van der Waals surface area contributed by atoms with Crippen molar-refractivity contribution in [3.05, 3.63) is 35.9 Å². The first-order valence-electron chi connectivity index (χ1n) is 7.85. The Morgan fingerprint density at radius 3 is 1.91 bits per heavy atom. The number of nitrogens with zero attached hydrogens (tertiary/aromatic N) is 2. The zero-order valence-electron chi connectivity index (χ0n) is 13.4. The van der Waals surface area contributed by atoms with E-state index >= 15 is 0 Å². The first-order valence-corrected chi connectivity index (χ1v) is 11.1. The lowest BCUT2D eigenvalue weighted by atomic mass is 10.2. The summed E-state index contributed by atoms with van der Waals surface area (Å²) in [7, 11) is -6.67. The first kappa shape index (κ1) is 18.4. The number of hydrogen-bond donors (Lipinski definition) is 0. The molecule has 130 valence electrons. The molecule has 8 heteroatoms. The molecule has 0 N–H and O–H groups in total. The Morgan fingerprint density at radius 2 is 1.39 bits per heavy atom. The molecule has 1 fully saturated rings. The minimum Gasteiger partial charge on any atom is -0.212 e. The van der Waals surface area contributed by atoms with E-state index in [0.29, 0.717) is 6.42 Å². The Labute approximate surface area is 139 Å². The molecule has 1 heterocycles. The minimum absolute atomic E-state index is 0.0452. The zero-order chi connectivity index (χ0) is 16.9. The fourth-order valence-electron chi connectivity index (χ4n) is 2.56. The van der Waals surface area contributed by atoms with Gasteiger partial charge in [-0.25, -0.2) is 16.8 Å². The molecule has 1 aromatic carbocycles. The fourth-order valence-corrected chi connectivity index (χ4v) is 5.71. The second-order valence-electron chi connectivity index (χ2n) is 5.71. The Hall–Kier alpha value is -0.960. The van der Waals surface area contributed by atoms with Gasteiger partial charge in [-0.2, -0.15) is 8.61 Å². The molecule has 1 saturated heterocycles. The van der Waals surface area contributed by atoms with Crippen molar-refractivity contribution < 1.29 is 16.8 Å². The molecule has 23 heavy (non-hydrogen) atoms. The topological polar surface area (TPSA) is 74.8 Å². The van der Waals surface area contributed by atoms with E-state index in [4.69, 9.17) is 0 Å². The summed E-state index contributed by atoms with van der Waals surface area (Å²) in [5.41, 5.74) is 0.741. The van der Waals surface area contributed by atoms with E-state index in [2.05, 4.69) is 0 Å². The molecule has 0 unspecified atom stereocenters. The van der Waals surface area contributed by atoms with Gasteiger partial charge in [0, 0.05) is 26.2 Å². The second kappa shape index (κ2) is 7.74. The van der Waals surface area contributed by atoms with Crippen LogP contribution in [0.5, 0.6) is 0 Å². The normalized spacial score (nSPS) is 18.1. The van der Waals surface area contributed by atoms with Gasteiger partial charge in [0.2, 0.25) is 20.0 Å². The van der Waals surface area contributed by atoms with Gasteiger partial charge >= 0.3 is 0 Å². The number of sulfonamides is 2. The molecule has 0 saturated carbocycles. The fraction of sp³-hybridized carbons (Fsp3) is 0.600. The smallest absolute Gasteiger partial charge is 0.212 e. The number of benzene rings is 1. The van der Waals surface area contributed by atoms with Crippen LogP contribution in [-0.2, 0) is 25.8 Å². The van der Waals surface area contributed by atoms with Crippen LogP contribution in [0.25, 0.3) is 0 Å². The number of rotatable bonds is 7. The third-order valence-electron chi connectivity index (χ3n) is 3.93. The van der Waals surface area contributed by atoms with E-state index in [1.165, 1.54) is 8.61 Å². The third-order valence-corrected chi connectivity index (χ3v) is 7.74. The maximum atomic E-state index is 12.4. The van der Waals surface area contributed by atoms with Crippen LogP contribution >= 0.6 is 0 Å². The van der Waals surface area contributed by atoms with Crippen molar-refractivity contribution in [2.45, 2.75) is 25.5 Å². The van der Waals surface area contributed by atoms with Gasteiger partial charge in [-0.15, -0.1) is 0 Å². The molecule has 0 bridgehead atoms. The Morgan fingerprint density at radius 1 is 0.870 bits per heavy atom. The van der Waals surface area contributed by atoms with E-state index in [9.17, 15) is 16.8 Å². The quantitative estimate of drug-likeness (QED) is 0.734. The van der Waals surface area contributed by atoms with Crippen LogP contribution in [-0.4, -0.2) is 57.4 Å². The highest BCUT2D eigenvalue weighted by molar-refractivity contribution is 7.89. The lowest BCUT2D eigenvalue weighted by molar-refractivity contribution is 0.272. The van der Waals surface area contributed by atoms with Gasteiger partial charge in [-0.3, -0.25) is 0 Å². The lowest BCUT2D eigenvalue weighted by Crippen LogP contribution is -2.51.